The SMILES string of the molecule is NC(=O)CC=Cc1nc(F)ccc1N. The van der Waals surface area contributed by atoms with Crippen LogP contribution in [0.15, 0.2) is 18.2 Å². The van der Waals surface area contributed by atoms with E-state index >= 15 is 0 Å². The Morgan fingerprint density at radius 1 is 1.57 bits per heavy atom. The Balaban J connectivity index is 2.80. The van der Waals surface area contributed by atoms with E-state index in [1.165, 1.54) is 24.3 Å². The third-order valence-corrected chi connectivity index (χ3v) is 1.52. The number of aromatic nitrogens is 1. The van der Waals surface area contributed by atoms with Gasteiger partial charge in [-0.1, -0.05) is 6.08 Å². The highest BCUT2D eigenvalue weighted by Gasteiger charge is 1.98. The number of carbonyl (C=O) groups is 1. The number of pyridine rings is 1. The molecule has 1 heterocycles. The number of hydrogen-bond donors (Lipinski definition) is 2. The average molecular weight is 195 g/mol. The van der Waals surface area contributed by atoms with Crippen molar-refractivity contribution in [2.75, 3.05) is 5.73 Å². The number of halogens is 1. The Hall–Kier alpha value is -1.91. The van der Waals surface area contributed by atoms with E-state index in [1.54, 1.807) is 0 Å². The van der Waals surface area contributed by atoms with Crippen molar-refractivity contribution in [3.05, 3.63) is 29.9 Å². The minimum absolute atomic E-state index is 0.0810. The largest absolute Gasteiger partial charge is 0.397 e. The van der Waals surface area contributed by atoms with Gasteiger partial charge in [-0.2, -0.15) is 4.39 Å². The predicted octanol–water partition coefficient (Wildman–Crippen LogP) is 0.692. The minimum Gasteiger partial charge on any atom is -0.397 e. The van der Waals surface area contributed by atoms with E-state index in [0.717, 1.165) is 0 Å². The van der Waals surface area contributed by atoms with Crippen LogP contribution in [0, 0.1) is 5.95 Å². The van der Waals surface area contributed by atoms with Crippen LogP contribution in [0.25, 0.3) is 6.08 Å². The molecule has 1 aromatic rings. The first kappa shape index (κ1) is 10.2. The van der Waals surface area contributed by atoms with E-state index in [2.05, 4.69) is 4.98 Å². The first-order valence-corrected chi connectivity index (χ1v) is 3.96. The Morgan fingerprint density at radius 2 is 2.29 bits per heavy atom. The van der Waals surface area contributed by atoms with Crippen molar-refractivity contribution in [1.29, 1.82) is 0 Å². The molecule has 0 unspecified atom stereocenters. The van der Waals surface area contributed by atoms with Crippen molar-refractivity contribution in [3.63, 3.8) is 0 Å². The molecule has 0 bridgehead atoms. The molecule has 0 spiro atoms. The van der Waals surface area contributed by atoms with Crippen LogP contribution in [0.4, 0.5) is 10.1 Å². The third-order valence-electron chi connectivity index (χ3n) is 1.52. The lowest BCUT2D eigenvalue weighted by atomic mass is 10.2. The van der Waals surface area contributed by atoms with E-state index in [1.807, 2.05) is 0 Å². The normalized spacial score (nSPS) is 10.6. The van der Waals surface area contributed by atoms with Crippen molar-refractivity contribution in [2.24, 2.45) is 5.73 Å². The van der Waals surface area contributed by atoms with Crippen LogP contribution in [-0.4, -0.2) is 10.9 Å². The maximum absolute atomic E-state index is 12.6. The highest BCUT2D eigenvalue weighted by molar-refractivity contribution is 5.76. The Kier molecular flexibility index (Phi) is 3.17. The molecule has 0 aliphatic rings. The summed E-state index contributed by atoms with van der Waals surface area (Å²) in [6, 6.07) is 2.58. The highest BCUT2D eigenvalue weighted by Crippen LogP contribution is 2.10. The number of rotatable bonds is 3. The standard InChI is InChI=1S/C9H10FN3O/c10-8-5-4-6(11)7(13-8)2-1-3-9(12)14/h1-2,4-5H,3,11H2,(H2,12,14). The average Bonchev–Trinajstić information content (AvgIpc) is 2.10. The molecule has 4 N–H and O–H groups in total. The summed E-state index contributed by atoms with van der Waals surface area (Å²) in [7, 11) is 0. The zero-order valence-corrected chi connectivity index (χ0v) is 7.40. The first-order valence-electron chi connectivity index (χ1n) is 3.96. The molecule has 0 saturated carbocycles. The van der Waals surface area contributed by atoms with E-state index in [0.29, 0.717) is 11.4 Å². The third kappa shape index (κ3) is 2.85. The number of carbonyl (C=O) groups excluding carboxylic acids is 1. The molecule has 74 valence electrons. The molecule has 0 aliphatic heterocycles. The Labute approximate surface area is 80.4 Å². The van der Waals surface area contributed by atoms with Gasteiger partial charge in [-0.3, -0.25) is 4.79 Å². The van der Waals surface area contributed by atoms with Crippen molar-refractivity contribution in [3.8, 4) is 0 Å². The fraction of sp³-hybridized carbons (Fsp3) is 0.111. The number of nitrogen functional groups attached to an aromatic ring is 1. The van der Waals surface area contributed by atoms with Crippen LogP contribution in [0.1, 0.15) is 12.1 Å². The zero-order valence-electron chi connectivity index (χ0n) is 7.40. The van der Waals surface area contributed by atoms with Gasteiger partial charge in [0.2, 0.25) is 11.9 Å². The Bertz CT molecular complexity index is 376. The number of nitrogens with zero attached hydrogens (tertiary/aromatic N) is 1. The van der Waals surface area contributed by atoms with E-state index in [9.17, 15) is 9.18 Å². The molecule has 1 amide bonds. The predicted molar refractivity (Wildman–Crippen MR) is 51.5 cm³/mol. The molecule has 0 fully saturated rings. The summed E-state index contributed by atoms with van der Waals surface area (Å²) in [5.41, 5.74) is 11.1. The summed E-state index contributed by atoms with van der Waals surface area (Å²) in [6.07, 6.45) is 3.03. The van der Waals surface area contributed by atoms with Crippen LogP contribution in [0.3, 0.4) is 0 Å². The number of amides is 1. The van der Waals surface area contributed by atoms with Crippen molar-refractivity contribution >= 4 is 17.7 Å². The lowest BCUT2D eigenvalue weighted by Crippen LogP contribution is -2.08. The molecule has 0 saturated heterocycles. The second-order valence-electron chi connectivity index (χ2n) is 2.68. The highest BCUT2D eigenvalue weighted by atomic mass is 19.1. The number of anilines is 1. The minimum atomic E-state index is -0.613. The quantitative estimate of drug-likeness (QED) is 0.696. The van der Waals surface area contributed by atoms with Gasteiger partial charge in [-0.05, 0) is 18.2 Å². The lowest BCUT2D eigenvalue weighted by molar-refractivity contribution is -0.117. The van der Waals surface area contributed by atoms with Crippen LogP contribution in [0.5, 0.6) is 0 Å². The van der Waals surface area contributed by atoms with Crippen LogP contribution in [-0.2, 0) is 4.79 Å². The summed E-state index contributed by atoms with van der Waals surface area (Å²) in [6.45, 7) is 0. The molecular weight excluding hydrogens is 185 g/mol. The Morgan fingerprint density at radius 3 is 2.93 bits per heavy atom. The molecule has 0 atom stereocenters. The van der Waals surface area contributed by atoms with Gasteiger partial charge < -0.3 is 11.5 Å². The maximum Gasteiger partial charge on any atom is 0.221 e. The molecule has 0 radical (unpaired) electrons. The molecule has 0 aromatic carbocycles. The molecule has 5 heteroatoms. The van der Waals surface area contributed by atoms with Crippen molar-refractivity contribution in [1.82, 2.24) is 4.98 Å². The summed E-state index contributed by atoms with van der Waals surface area (Å²) in [4.78, 5) is 13.9. The van der Waals surface area contributed by atoms with E-state index in [-0.39, 0.29) is 6.42 Å². The van der Waals surface area contributed by atoms with E-state index in [4.69, 9.17) is 11.5 Å². The molecule has 1 aromatic heterocycles. The fourth-order valence-electron chi connectivity index (χ4n) is 0.881. The van der Waals surface area contributed by atoms with Crippen molar-refractivity contribution in [2.45, 2.75) is 6.42 Å². The zero-order chi connectivity index (χ0) is 10.6. The van der Waals surface area contributed by atoms with Crippen molar-refractivity contribution < 1.29 is 9.18 Å². The topological polar surface area (TPSA) is 82.0 Å². The summed E-state index contributed by atoms with van der Waals surface area (Å²) >= 11 is 0. The van der Waals surface area contributed by atoms with Crippen LogP contribution in [0.2, 0.25) is 0 Å². The number of nitrogens with two attached hydrogens (primary N) is 2. The molecule has 1 rings (SSSR count). The second kappa shape index (κ2) is 4.36. The smallest absolute Gasteiger partial charge is 0.221 e. The summed E-state index contributed by atoms with van der Waals surface area (Å²) in [5, 5.41) is 0. The van der Waals surface area contributed by atoms with Gasteiger partial charge in [0, 0.05) is 6.42 Å². The van der Waals surface area contributed by atoms with Crippen LogP contribution < -0.4 is 11.5 Å². The first-order chi connectivity index (χ1) is 6.59. The molecular formula is C9H10FN3O. The van der Waals surface area contributed by atoms with E-state index < -0.39 is 11.9 Å². The van der Waals surface area contributed by atoms with Gasteiger partial charge in [0.15, 0.2) is 0 Å². The molecule has 4 nitrogen and oxygen atoms in total. The van der Waals surface area contributed by atoms with Gasteiger partial charge in [0.25, 0.3) is 0 Å². The summed E-state index contributed by atoms with van der Waals surface area (Å²) < 4.78 is 12.6. The maximum atomic E-state index is 12.6. The lowest BCUT2D eigenvalue weighted by Gasteiger charge is -1.97. The van der Waals surface area contributed by atoms with Gasteiger partial charge >= 0.3 is 0 Å². The molecule has 0 aliphatic carbocycles. The van der Waals surface area contributed by atoms with Gasteiger partial charge in [-0.15, -0.1) is 0 Å². The van der Waals surface area contributed by atoms with Gasteiger partial charge in [-0.25, -0.2) is 4.98 Å². The molecule has 14 heavy (non-hydrogen) atoms. The van der Waals surface area contributed by atoms with Gasteiger partial charge in [0.05, 0.1) is 11.4 Å². The second-order valence-corrected chi connectivity index (χ2v) is 2.68. The fourth-order valence-corrected chi connectivity index (χ4v) is 0.881. The number of primary amides is 1. The monoisotopic (exact) mass is 195 g/mol. The summed E-state index contributed by atoms with van der Waals surface area (Å²) in [5.74, 6) is -1.07. The number of hydrogen-bond acceptors (Lipinski definition) is 3. The van der Waals surface area contributed by atoms with Crippen LogP contribution >= 0.6 is 0 Å². The van der Waals surface area contributed by atoms with Gasteiger partial charge in [0.1, 0.15) is 0 Å².